The van der Waals surface area contributed by atoms with E-state index in [9.17, 15) is 0 Å². The summed E-state index contributed by atoms with van der Waals surface area (Å²) >= 11 is 0. The molecule has 0 aromatic rings. The summed E-state index contributed by atoms with van der Waals surface area (Å²) in [5, 5.41) is 3.43. The van der Waals surface area contributed by atoms with Crippen LogP contribution >= 0.6 is 0 Å². The van der Waals surface area contributed by atoms with E-state index >= 15 is 0 Å². The first-order valence-electron chi connectivity index (χ1n) is 7.84. The van der Waals surface area contributed by atoms with Crippen molar-refractivity contribution in [2.24, 2.45) is 0 Å². The van der Waals surface area contributed by atoms with Gasteiger partial charge in [0.05, 0.1) is 25.4 Å². The summed E-state index contributed by atoms with van der Waals surface area (Å²) in [5.74, 6) is 0. The quantitative estimate of drug-likeness (QED) is 0.616. The van der Waals surface area contributed by atoms with Crippen molar-refractivity contribution in [2.45, 2.75) is 58.8 Å². The van der Waals surface area contributed by atoms with Crippen LogP contribution < -0.4 is 5.32 Å². The molecule has 19 heavy (non-hydrogen) atoms. The van der Waals surface area contributed by atoms with Gasteiger partial charge in [0.15, 0.2) is 0 Å². The van der Waals surface area contributed by atoms with Crippen molar-refractivity contribution in [3.05, 3.63) is 0 Å². The second-order valence-corrected chi connectivity index (χ2v) is 5.62. The van der Waals surface area contributed by atoms with Crippen molar-refractivity contribution >= 4 is 0 Å². The Kier molecular flexibility index (Phi) is 8.62. The highest BCUT2D eigenvalue weighted by molar-refractivity contribution is 4.75. The largest absolute Gasteiger partial charge is 0.377 e. The summed E-state index contributed by atoms with van der Waals surface area (Å²) in [7, 11) is 0. The van der Waals surface area contributed by atoms with Gasteiger partial charge in [-0.25, -0.2) is 0 Å². The van der Waals surface area contributed by atoms with E-state index in [2.05, 4.69) is 37.9 Å². The van der Waals surface area contributed by atoms with Gasteiger partial charge in [-0.05, 0) is 25.9 Å². The van der Waals surface area contributed by atoms with Crippen LogP contribution in [0, 0.1) is 0 Å². The van der Waals surface area contributed by atoms with E-state index in [0.717, 1.165) is 52.2 Å². The van der Waals surface area contributed by atoms with Crippen molar-refractivity contribution < 1.29 is 9.47 Å². The number of hydrogen-bond donors (Lipinski definition) is 1. The maximum Gasteiger partial charge on any atom is 0.0813 e. The molecule has 0 aromatic carbocycles. The number of likely N-dealkylation sites (N-methyl/N-ethyl adjacent to an activating group) is 1. The van der Waals surface area contributed by atoms with Crippen molar-refractivity contribution in [1.82, 2.24) is 10.2 Å². The molecule has 1 heterocycles. The van der Waals surface area contributed by atoms with Gasteiger partial charge in [-0.1, -0.05) is 27.7 Å². The van der Waals surface area contributed by atoms with E-state index in [0.29, 0.717) is 18.2 Å². The lowest BCUT2D eigenvalue weighted by Crippen LogP contribution is -2.32. The molecule has 1 fully saturated rings. The Labute approximate surface area is 118 Å². The molecule has 0 radical (unpaired) electrons. The zero-order valence-electron chi connectivity index (χ0n) is 13.2. The average Bonchev–Trinajstić information content (AvgIpc) is 2.84. The van der Waals surface area contributed by atoms with Gasteiger partial charge in [0.25, 0.3) is 0 Å². The second kappa shape index (κ2) is 9.70. The Morgan fingerprint density at radius 1 is 1.21 bits per heavy atom. The molecule has 0 bridgehead atoms. The second-order valence-electron chi connectivity index (χ2n) is 5.62. The van der Waals surface area contributed by atoms with E-state index in [1.54, 1.807) is 0 Å². The van der Waals surface area contributed by atoms with E-state index in [1.165, 1.54) is 0 Å². The molecule has 4 heteroatoms. The van der Waals surface area contributed by atoms with Crippen LogP contribution in [0.15, 0.2) is 0 Å². The molecular formula is C15H32N2O2. The van der Waals surface area contributed by atoms with Crippen LogP contribution in [0.5, 0.6) is 0 Å². The summed E-state index contributed by atoms with van der Waals surface area (Å²) in [4.78, 5) is 2.38. The topological polar surface area (TPSA) is 33.7 Å². The third-order valence-corrected chi connectivity index (χ3v) is 3.70. The smallest absolute Gasteiger partial charge is 0.0813 e. The Morgan fingerprint density at radius 2 is 1.89 bits per heavy atom. The van der Waals surface area contributed by atoms with Crippen LogP contribution in [-0.2, 0) is 9.47 Å². The van der Waals surface area contributed by atoms with Gasteiger partial charge in [-0.15, -0.1) is 0 Å². The molecule has 1 aliphatic heterocycles. The third kappa shape index (κ3) is 7.25. The molecular weight excluding hydrogens is 240 g/mol. The lowest BCUT2D eigenvalue weighted by molar-refractivity contribution is -0.0181. The molecule has 2 atom stereocenters. The van der Waals surface area contributed by atoms with E-state index in [1.807, 2.05) is 0 Å². The number of nitrogens with zero attached hydrogens (tertiary/aromatic N) is 1. The van der Waals surface area contributed by atoms with Crippen LogP contribution in [0.25, 0.3) is 0 Å². The zero-order valence-corrected chi connectivity index (χ0v) is 13.2. The summed E-state index contributed by atoms with van der Waals surface area (Å²) in [6.45, 7) is 14.5. The molecule has 0 amide bonds. The van der Waals surface area contributed by atoms with Crippen LogP contribution in [0.2, 0.25) is 0 Å². The molecule has 1 saturated heterocycles. The van der Waals surface area contributed by atoms with Gasteiger partial charge in [0, 0.05) is 19.1 Å². The lowest BCUT2D eigenvalue weighted by atomic mass is 10.2. The summed E-state index contributed by atoms with van der Waals surface area (Å²) in [6.07, 6.45) is 2.97. The fourth-order valence-corrected chi connectivity index (χ4v) is 2.37. The Balaban J connectivity index is 2.02. The minimum absolute atomic E-state index is 0.302. The number of nitrogens with one attached hydrogen (secondary N) is 1. The van der Waals surface area contributed by atoms with E-state index in [4.69, 9.17) is 9.47 Å². The molecule has 1 rings (SSSR count). The Bertz CT molecular complexity index is 220. The fraction of sp³-hybridized carbons (Fsp3) is 1.00. The van der Waals surface area contributed by atoms with Gasteiger partial charge < -0.3 is 19.7 Å². The predicted molar refractivity (Wildman–Crippen MR) is 79.6 cm³/mol. The predicted octanol–water partition coefficient (Wildman–Crippen LogP) is 1.89. The number of rotatable bonds is 10. The molecule has 0 aliphatic carbocycles. The molecule has 0 spiro atoms. The highest BCUT2D eigenvalue weighted by atomic mass is 16.5. The van der Waals surface area contributed by atoms with Crippen molar-refractivity contribution in [2.75, 3.05) is 39.4 Å². The Morgan fingerprint density at radius 3 is 2.53 bits per heavy atom. The van der Waals surface area contributed by atoms with Gasteiger partial charge >= 0.3 is 0 Å². The Hall–Kier alpha value is -0.160. The highest BCUT2D eigenvalue weighted by Crippen LogP contribution is 2.19. The molecule has 114 valence electrons. The first kappa shape index (κ1) is 16.9. The summed E-state index contributed by atoms with van der Waals surface area (Å²) in [5.41, 5.74) is 0. The van der Waals surface area contributed by atoms with Gasteiger partial charge in [0.1, 0.15) is 0 Å². The third-order valence-electron chi connectivity index (χ3n) is 3.70. The average molecular weight is 272 g/mol. The standard InChI is InChI=1S/C15H32N2O2/c1-5-17(6-2)9-10-18-12-15-8-7-14(19-15)11-16-13(3)4/h13-16H,5-12H2,1-4H3. The molecule has 4 nitrogen and oxygen atoms in total. The molecule has 2 unspecified atom stereocenters. The SMILES string of the molecule is CCN(CC)CCOCC1CCC(CNC(C)C)O1. The zero-order chi connectivity index (χ0) is 14.1. The monoisotopic (exact) mass is 272 g/mol. The minimum Gasteiger partial charge on any atom is -0.377 e. The van der Waals surface area contributed by atoms with Crippen molar-refractivity contribution in [3.63, 3.8) is 0 Å². The van der Waals surface area contributed by atoms with Crippen molar-refractivity contribution in [3.8, 4) is 0 Å². The molecule has 0 aromatic heterocycles. The number of hydrogen-bond acceptors (Lipinski definition) is 4. The number of ether oxygens (including phenoxy) is 2. The first-order chi connectivity index (χ1) is 9.15. The normalized spacial score (nSPS) is 23.7. The van der Waals surface area contributed by atoms with Crippen LogP contribution in [-0.4, -0.2) is 62.5 Å². The maximum absolute atomic E-state index is 5.97. The van der Waals surface area contributed by atoms with Gasteiger partial charge in [0.2, 0.25) is 0 Å². The van der Waals surface area contributed by atoms with Gasteiger partial charge in [-0.2, -0.15) is 0 Å². The highest BCUT2D eigenvalue weighted by Gasteiger charge is 2.25. The first-order valence-corrected chi connectivity index (χ1v) is 7.84. The minimum atomic E-state index is 0.302. The molecule has 1 N–H and O–H groups in total. The molecule has 0 saturated carbocycles. The fourth-order valence-electron chi connectivity index (χ4n) is 2.37. The van der Waals surface area contributed by atoms with Crippen molar-refractivity contribution in [1.29, 1.82) is 0 Å². The summed E-state index contributed by atoms with van der Waals surface area (Å²) in [6, 6.07) is 0.535. The van der Waals surface area contributed by atoms with Crippen LogP contribution in [0.1, 0.15) is 40.5 Å². The lowest BCUT2D eigenvalue weighted by Gasteiger charge is -2.19. The van der Waals surface area contributed by atoms with Gasteiger partial charge in [-0.3, -0.25) is 0 Å². The van der Waals surface area contributed by atoms with E-state index in [-0.39, 0.29) is 0 Å². The van der Waals surface area contributed by atoms with Crippen LogP contribution in [0.4, 0.5) is 0 Å². The maximum atomic E-state index is 5.97. The van der Waals surface area contributed by atoms with Crippen LogP contribution in [0.3, 0.4) is 0 Å². The van der Waals surface area contributed by atoms with E-state index < -0.39 is 0 Å². The summed E-state index contributed by atoms with van der Waals surface area (Å²) < 4.78 is 11.7. The molecule has 1 aliphatic rings.